The summed E-state index contributed by atoms with van der Waals surface area (Å²) in [6.45, 7) is 2.97. The fourth-order valence-electron chi connectivity index (χ4n) is 1.45. The molecular formula is C10H13N5. The molecule has 15 heavy (non-hydrogen) atoms. The molecule has 0 saturated heterocycles. The fraction of sp³-hybridized carbons (Fsp3) is 0.300. The molecule has 2 aromatic rings. The van der Waals surface area contributed by atoms with Crippen LogP contribution >= 0.6 is 0 Å². The van der Waals surface area contributed by atoms with Crippen molar-refractivity contribution in [3.63, 3.8) is 0 Å². The standard InChI is InChI=1S/C10H13N5/c1-3-11-9-6-4-5-8(7-9)10-12-13-14-15(10)2/h4-7,11H,3H2,1-2H3. The summed E-state index contributed by atoms with van der Waals surface area (Å²) in [6, 6.07) is 8.04. The lowest BCUT2D eigenvalue weighted by Gasteiger charge is -2.04. The Hall–Kier alpha value is -1.91. The lowest BCUT2D eigenvalue weighted by atomic mass is 10.2. The van der Waals surface area contributed by atoms with E-state index in [4.69, 9.17) is 0 Å². The Morgan fingerprint density at radius 1 is 1.40 bits per heavy atom. The van der Waals surface area contributed by atoms with E-state index < -0.39 is 0 Å². The molecule has 0 aliphatic rings. The monoisotopic (exact) mass is 203 g/mol. The van der Waals surface area contributed by atoms with E-state index in [-0.39, 0.29) is 0 Å². The molecule has 0 amide bonds. The number of hydrogen-bond donors (Lipinski definition) is 1. The third-order valence-corrected chi connectivity index (χ3v) is 2.12. The average Bonchev–Trinajstić information content (AvgIpc) is 2.65. The van der Waals surface area contributed by atoms with Gasteiger partial charge in [0.25, 0.3) is 0 Å². The van der Waals surface area contributed by atoms with Crippen LogP contribution in [0.3, 0.4) is 0 Å². The summed E-state index contributed by atoms with van der Waals surface area (Å²) in [5.41, 5.74) is 2.10. The van der Waals surface area contributed by atoms with Crippen molar-refractivity contribution in [2.24, 2.45) is 7.05 Å². The molecule has 0 saturated carbocycles. The first-order chi connectivity index (χ1) is 7.31. The van der Waals surface area contributed by atoms with Crippen molar-refractivity contribution in [3.05, 3.63) is 24.3 Å². The van der Waals surface area contributed by atoms with Gasteiger partial charge in [-0.05, 0) is 29.5 Å². The molecule has 2 rings (SSSR count). The van der Waals surface area contributed by atoms with Crippen LogP contribution in [0.25, 0.3) is 11.4 Å². The van der Waals surface area contributed by atoms with E-state index in [1.54, 1.807) is 4.68 Å². The third-order valence-electron chi connectivity index (χ3n) is 2.12. The van der Waals surface area contributed by atoms with Gasteiger partial charge < -0.3 is 5.32 Å². The normalized spacial score (nSPS) is 10.3. The predicted octanol–water partition coefficient (Wildman–Crippen LogP) is 1.31. The molecule has 0 atom stereocenters. The first-order valence-corrected chi connectivity index (χ1v) is 4.88. The number of rotatable bonds is 3. The van der Waals surface area contributed by atoms with Crippen molar-refractivity contribution >= 4 is 5.69 Å². The van der Waals surface area contributed by atoms with Crippen LogP contribution in [0.5, 0.6) is 0 Å². The Balaban J connectivity index is 2.37. The van der Waals surface area contributed by atoms with Crippen molar-refractivity contribution in [2.45, 2.75) is 6.92 Å². The number of tetrazole rings is 1. The maximum Gasteiger partial charge on any atom is 0.181 e. The Labute approximate surface area is 88.1 Å². The lowest BCUT2D eigenvalue weighted by molar-refractivity contribution is 0.715. The highest BCUT2D eigenvalue weighted by molar-refractivity contribution is 5.62. The van der Waals surface area contributed by atoms with E-state index in [1.807, 2.05) is 31.3 Å². The highest BCUT2D eigenvalue weighted by Crippen LogP contribution is 2.19. The van der Waals surface area contributed by atoms with Crippen molar-refractivity contribution in [1.82, 2.24) is 20.2 Å². The summed E-state index contributed by atoms with van der Waals surface area (Å²) >= 11 is 0. The van der Waals surface area contributed by atoms with E-state index in [9.17, 15) is 0 Å². The second kappa shape index (κ2) is 4.08. The highest BCUT2D eigenvalue weighted by Gasteiger charge is 2.05. The van der Waals surface area contributed by atoms with E-state index in [0.29, 0.717) is 0 Å². The average molecular weight is 203 g/mol. The van der Waals surface area contributed by atoms with Crippen LogP contribution < -0.4 is 5.32 Å². The van der Waals surface area contributed by atoms with Gasteiger partial charge in [-0.25, -0.2) is 4.68 Å². The first kappa shape index (κ1) is 9.64. The number of nitrogens with zero attached hydrogens (tertiary/aromatic N) is 4. The number of hydrogen-bond acceptors (Lipinski definition) is 4. The molecule has 5 heteroatoms. The van der Waals surface area contributed by atoms with Gasteiger partial charge in [0, 0.05) is 24.8 Å². The Morgan fingerprint density at radius 2 is 2.27 bits per heavy atom. The van der Waals surface area contributed by atoms with Gasteiger partial charge in [0.1, 0.15) is 0 Å². The number of aryl methyl sites for hydroxylation is 1. The molecule has 0 unspecified atom stereocenters. The molecule has 0 bridgehead atoms. The molecule has 78 valence electrons. The zero-order valence-corrected chi connectivity index (χ0v) is 8.81. The van der Waals surface area contributed by atoms with E-state index >= 15 is 0 Å². The zero-order valence-electron chi connectivity index (χ0n) is 8.81. The second-order valence-electron chi connectivity index (χ2n) is 3.24. The van der Waals surface area contributed by atoms with Crippen LogP contribution in [0.2, 0.25) is 0 Å². The van der Waals surface area contributed by atoms with Gasteiger partial charge in [0.15, 0.2) is 5.82 Å². The molecule has 1 N–H and O–H groups in total. The van der Waals surface area contributed by atoms with Crippen LogP contribution in [0.15, 0.2) is 24.3 Å². The summed E-state index contributed by atoms with van der Waals surface area (Å²) in [5, 5.41) is 14.6. The maximum absolute atomic E-state index is 3.96. The molecule has 0 aliphatic carbocycles. The Bertz CT molecular complexity index is 449. The number of aromatic nitrogens is 4. The van der Waals surface area contributed by atoms with Gasteiger partial charge in [0.05, 0.1) is 0 Å². The summed E-state index contributed by atoms with van der Waals surface area (Å²) in [5.74, 6) is 0.773. The third kappa shape index (κ3) is 1.96. The van der Waals surface area contributed by atoms with Crippen LogP contribution in [0, 0.1) is 0 Å². The number of benzene rings is 1. The van der Waals surface area contributed by atoms with Gasteiger partial charge in [-0.1, -0.05) is 12.1 Å². The Morgan fingerprint density at radius 3 is 2.93 bits per heavy atom. The Kier molecular flexibility index (Phi) is 2.62. The fourth-order valence-corrected chi connectivity index (χ4v) is 1.45. The smallest absolute Gasteiger partial charge is 0.181 e. The highest BCUT2D eigenvalue weighted by atomic mass is 15.5. The zero-order chi connectivity index (χ0) is 10.7. The molecule has 5 nitrogen and oxygen atoms in total. The maximum atomic E-state index is 3.96. The van der Waals surface area contributed by atoms with Crippen molar-refractivity contribution in [2.75, 3.05) is 11.9 Å². The number of anilines is 1. The van der Waals surface area contributed by atoms with Crippen LogP contribution in [-0.4, -0.2) is 26.8 Å². The molecule has 1 aromatic carbocycles. The second-order valence-corrected chi connectivity index (χ2v) is 3.24. The molecule has 0 radical (unpaired) electrons. The van der Waals surface area contributed by atoms with Crippen molar-refractivity contribution in [1.29, 1.82) is 0 Å². The van der Waals surface area contributed by atoms with Crippen molar-refractivity contribution in [3.8, 4) is 11.4 Å². The molecule has 0 aliphatic heterocycles. The van der Waals surface area contributed by atoms with Crippen LogP contribution in [-0.2, 0) is 7.05 Å². The SMILES string of the molecule is CCNc1cccc(-c2nnnn2C)c1. The van der Waals surface area contributed by atoms with Gasteiger partial charge >= 0.3 is 0 Å². The quantitative estimate of drug-likeness (QED) is 0.817. The predicted molar refractivity (Wildman–Crippen MR) is 58.4 cm³/mol. The van der Waals surface area contributed by atoms with Crippen molar-refractivity contribution < 1.29 is 0 Å². The van der Waals surface area contributed by atoms with Gasteiger partial charge in [0.2, 0.25) is 0 Å². The topological polar surface area (TPSA) is 55.6 Å². The van der Waals surface area contributed by atoms with Gasteiger partial charge in [-0.15, -0.1) is 5.10 Å². The molecule has 1 heterocycles. The summed E-state index contributed by atoms with van der Waals surface area (Å²) < 4.78 is 1.66. The molecule has 1 aromatic heterocycles. The number of nitrogens with one attached hydrogen (secondary N) is 1. The summed E-state index contributed by atoms with van der Waals surface area (Å²) in [6.07, 6.45) is 0. The van der Waals surface area contributed by atoms with E-state index in [0.717, 1.165) is 23.6 Å². The van der Waals surface area contributed by atoms with Crippen LogP contribution in [0.4, 0.5) is 5.69 Å². The van der Waals surface area contributed by atoms with Gasteiger partial charge in [-0.2, -0.15) is 0 Å². The molecular weight excluding hydrogens is 190 g/mol. The minimum Gasteiger partial charge on any atom is -0.385 e. The van der Waals surface area contributed by atoms with Gasteiger partial charge in [-0.3, -0.25) is 0 Å². The molecule has 0 fully saturated rings. The summed E-state index contributed by atoms with van der Waals surface area (Å²) in [4.78, 5) is 0. The first-order valence-electron chi connectivity index (χ1n) is 4.88. The van der Waals surface area contributed by atoms with E-state index in [2.05, 4.69) is 27.8 Å². The minimum atomic E-state index is 0.773. The minimum absolute atomic E-state index is 0.773. The largest absolute Gasteiger partial charge is 0.385 e. The van der Waals surface area contributed by atoms with E-state index in [1.165, 1.54) is 0 Å². The lowest BCUT2D eigenvalue weighted by Crippen LogP contribution is -1.98. The molecule has 0 spiro atoms. The summed E-state index contributed by atoms with van der Waals surface area (Å²) in [7, 11) is 1.83. The van der Waals surface area contributed by atoms with Crippen LogP contribution in [0.1, 0.15) is 6.92 Å².